The average molecular weight is 510 g/mol. The van der Waals surface area contributed by atoms with Crippen molar-refractivity contribution >= 4 is 11.7 Å². The maximum Gasteiger partial charge on any atom is 0.322 e. The second kappa shape index (κ2) is 12.5. The Balaban J connectivity index is 1.63. The average Bonchev–Trinajstić information content (AvgIpc) is 3.35. The number of urea groups is 1. The molecule has 3 aromatic carbocycles. The van der Waals surface area contributed by atoms with E-state index in [1.807, 2.05) is 41.3 Å². The molecule has 38 heavy (non-hydrogen) atoms. The number of aromatic nitrogens is 1. The minimum Gasteiger partial charge on any atom is -0.497 e. The number of nitrogens with zero attached hydrogens (tertiary/aromatic N) is 2. The van der Waals surface area contributed by atoms with Crippen LogP contribution in [-0.4, -0.2) is 22.6 Å². The number of carbonyl (C=O) groups is 1. The van der Waals surface area contributed by atoms with Crippen LogP contribution in [-0.2, 0) is 19.6 Å². The normalized spacial score (nSPS) is 11.1. The predicted molar refractivity (Wildman–Crippen MR) is 156 cm³/mol. The fourth-order valence-corrected chi connectivity index (χ4v) is 4.79. The van der Waals surface area contributed by atoms with Crippen LogP contribution in [0, 0.1) is 0 Å². The topological polar surface area (TPSA) is 46.5 Å². The first-order valence-corrected chi connectivity index (χ1v) is 13.3. The smallest absolute Gasteiger partial charge is 0.322 e. The van der Waals surface area contributed by atoms with Gasteiger partial charge in [0.25, 0.3) is 0 Å². The summed E-state index contributed by atoms with van der Waals surface area (Å²) in [7, 11) is 1.68. The highest BCUT2D eigenvalue weighted by atomic mass is 16.5. The third-order valence-electron chi connectivity index (χ3n) is 6.87. The summed E-state index contributed by atoms with van der Waals surface area (Å²) in [6, 6.07) is 28.6. The Kier molecular flexibility index (Phi) is 8.90. The van der Waals surface area contributed by atoms with Gasteiger partial charge in [-0.1, -0.05) is 88.4 Å². The molecule has 0 aliphatic heterocycles. The quantitative estimate of drug-likeness (QED) is 0.235. The number of amides is 2. The summed E-state index contributed by atoms with van der Waals surface area (Å²) in [6.45, 7) is 10.4. The molecule has 0 atom stereocenters. The van der Waals surface area contributed by atoms with Gasteiger partial charge in [0, 0.05) is 30.7 Å². The van der Waals surface area contributed by atoms with Crippen molar-refractivity contribution in [1.82, 2.24) is 9.47 Å². The Morgan fingerprint density at radius 2 is 1.47 bits per heavy atom. The van der Waals surface area contributed by atoms with Gasteiger partial charge in [-0.3, -0.25) is 0 Å². The van der Waals surface area contributed by atoms with E-state index in [1.165, 1.54) is 0 Å². The summed E-state index contributed by atoms with van der Waals surface area (Å²) in [6.07, 6.45) is 2.07. The van der Waals surface area contributed by atoms with Gasteiger partial charge < -0.3 is 19.5 Å². The summed E-state index contributed by atoms with van der Waals surface area (Å²) >= 11 is 0. The van der Waals surface area contributed by atoms with Gasteiger partial charge in [0.05, 0.1) is 13.7 Å². The van der Waals surface area contributed by atoms with Crippen molar-refractivity contribution in [3.63, 3.8) is 0 Å². The minimum atomic E-state index is -0.0991. The first kappa shape index (κ1) is 27.1. The zero-order valence-electron chi connectivity index (χ0n) is 23.1. The molecular formula is C33H39N3O2. The second-order valence-corrected chi connectivity index (χ2v) is 10.4. The molecule has 0 bridgehead atoms. The number of para-hydroxylation sites is 1. The molecule has 5 heteroatoms. The SMILES string of the molecule is COc1cccc(Cn2cccc2CN(Cc2ccccc2)C(=O)Nc2c(C(C)C)cccc2C(C)C)c1. The second-order valence-electron chi connectivity index (χ2n) is 10.4. The van der Waals surface area contributed by atoms with E-state index in [9.17, 15) is 4.79 Å². The summed E-state index contributed by atoms with van der Waals surface area (Å²) < 4.78 is 7.60. The maximum absolute atomic E-state index is 13.9. The molecule has 2 amide bonds. The van der Waals surface area contributed by atoms with E-state index in [0.29, 0.717) is 31.5 Å². The van der Waals surface area contributed by atoms with Gasteiger partial charge in [0.1, 0.15) is 5.75 Å². The van der Waals surface area contributed by atoms with Crippen molar-refractivity contribution in [2.45, 2.75) is 59.2 Å². The van der Waals surface area contributed by atoms with Crippen molar-refractivity contribution in [3.8, 4) is 5.75 Å². The largest absolute Gasteiger partial charge is 0.497 e. The third-order valence-corrected chi connectivity index (χ3v) is 6.87. The Bertz CT molecular complexity index is 1320. The molecular weight excluding hydrogens is 470 g/mol. The Morgan fingerprint density at radius 1 is 0.816 bits per heavy atom. The van der Waals surface area contributed by atoms with E-state index in [1.54, 1.807) is 7.11 Å². The number of anilines is 1. The molecule has 0 fully saturated rings. The first-order chi connectivity index (χ1) is 18.4. The van der Waals surface area contributed by atoms with Crippen LogP contribution in [0.3, 0.4) is 0 Å². The Labute approximate surface area is 227 Å². The standard InChI is InChI=1S/C33H39N3O2/c1-24(2)30-17-10-18-31(25(3)4)32(30)34-33(37)36(21-26-12-7-6-8-13-26)23-28-15-11-19-35(28)22-27-14-9-16-29(20-27)38-5/h6-20,24-25H,21-23H2,1-5H3,(H,34,37). The van der Waals surface area contributed by atoms with Crippen LogP contribution >= 0.6 is 0 Å². The lowest BCUT2D eigenvalue weighted by molar-refractivity contribution is 0.205. The Morgan fingerprint density at radius 3 is 2.13 bits per heavy atom. The molecule has 1 N–H and O–H groups in total. The molecule has 0 saturated carbocycles. The van der Waals surface area contributed by atoms with Crippen LogP contribution in [0.2, 0.25) is 0 Å². The molecule has 0 unspecified atom stereocenters. The monoisotopic (exact) mass is 509 g/mol. The van der Waals surface area contributed by atoms with Gasteiger partial charge in [-0.2, -0.15) is 0 Å². The molecule has 0 radical (unpaired) electrons. The van der Waals surface area contributed by atoms with Crippen LogP contribution in [0.25, 0.3) is 0 Å². The minimum absolute atomic E-state index is 0.0991. The first-order valence-electron chi connectivity index (χ1n) is 13.3. The fraction of sp³-hybridized carbons (Fsp3) is 0.303. The molecule has 198 valence electrons. The van der Waals surface area contributed by atoms with Gasteiger partial charge in [-0.05, 0) is 58.4 Å². The molecule has 0 spiro atoms. The van der Waals surface area contributed by atoms with Gasteiger partial charge in [0.15, 0.2) is 0 Å². The molecule has 5 nitrogen and oxygen atoms in total. The lowest BCUT2D eigenvalue weighted by Gasteiger charge is -2.27. The summed E-state index contributed by atoms with van der Waals surface area (Å²) in [4.78, 5) is 15.8. The van der Waals surface area contributed by atoms with Crippen LogP contribution in [0.5, 0.6) is 5.75 Å². The highest BCUT2D eigenvalue weighted by Crippen LogP contribution is 2.33. The van der Waals surface area contributed by atoms with Gasteiger partial charge in [-0.25, -0.2) is 4.79 Å². The number of rotatable bonds is 10. The van der Waals surface area contributed by atoms with Gasteiger partial charge in [-0.15, -0.1) is 0 Å². The van der Waals surface area contributed by atoms with Gasteiger partial charge >= 0.3 is 6.03 Å². The zero-order valence-corrected chi connectivity index (χ0v) is 23.1. The van der Waals surface area contributed by atoms with Gasteiger partial charge in [0.2, 0.25) is 0 Å². The number of benzene rings is 3. The van der Waals surface area contributed by atoms with E-state index < -0.39 is 0 Å². The van der Waals surface area contributed by atoms with Crippen molar-refractivity contribution in [1.29, 1.82) is 0 Å². The van der Waals surface area contributed by atoms with E-state index in [-0.39, 0.29) is 6.03 Å². The molecule has 0 aliphatic carbocycles. The highest BCUT2D eigenvalue weighted by molar-refractivity contribution is 5.91. The molecule has 1 aromatic heterocycles. The van der Waals surface area contributed by atoms with E-state index >= 15 is 0 Å². The number of hydrogen-bond donors (Lipinski definition) is 1. The summed E-state index contributed by atoms with van der Waals surface area (Å²) in [5, 5.41) is 3.32. The van der Waals surface area contributed by atoms with Crippen molar-refractivity contribution in [2.75, 3.05) is 12.4 Å². The van der Waals surface area contributed by atoms with Crippen LogP contribution < -0.4 is 10.1 Å². The number of methoxy groups -OCH3 is 1. The lowest BCUT2D eigenvalue weighted by Crippen LogP contribution is -2.35. The van der Waals surface area contributed by atoms with E-state index in [0.717, 1.165) is 39.4 Å². The predicted octanol–water partition coefficient (Wildman–Crippen LogP) is 8.03. The number of nitrogens with one attached hydrogen (secondary N) is 1. The summed E-state index contributed by atoms with van der Waals surface area (Å²) in [5.74, 6) is 1.43. The lowest BCUT2D eigenvalue weighted by atomic mass is 9.93. The number of carbonyl (C=O) groups excluding carboxylic acids is 1. The van der Waals surface area contributed by atoms with Crippen LogP contribution in [0.1, 0.15) is 67.5 Å². The molecule has 1 heterocycles. The maximum atomic E-state index is 13.9. The fourth-order valence-electron chi connectivity index (χ4n) is 4.79. The van der Waals surface area contributed by atoms with E-state index in [4.69, 9.17) is 4.74 Å². The van der Waals surface area contributed by atoms with Crippen molar-refractivity contribution in [3.05, 3.63) is 119 Å². The third kappa shape index (κ3) is 6.65. The Hall–Kier alpha value is -3.99. The molecule has 0 saturated heterocycles. The molecule has 0 aliphatic rings. The van der Waals surface area contributed by atoms with Crippen molar-refractivity contribution in [2.24, 2.45) is 0 Å². The van der Waals surface area contributed by atoms with Crippen LogP contribution in [0.4, 0.5) is 10.5 Å². The number of ether oxygens (including phenoxy) is 1. The zero-order chi connectivity index (χ0) is 27.1. The summed E-state index contributed by atoms with van der Waals surface area (Å²) in [5.41, 5.74) is 6.56. The molecule has 4 aromatic rings. The van der Waals surface area contributed by atoms with E-state index in [2.05, 4.69) is 92.3 Å². The molecule has 4 rings (SSSR count). The van der Waals surface area contributed by atoms with Crippen LogP contribution in [0.15, 0.2) is 91.1 Å². The highest BCUT2D eigenvalue weighted by Gasteiger charge is 2.21. The number of hydrogen-bond acceptors (Lipinski definition) is 2. The van der Waals surface area contributed by atoms with Crippen molar-refractivity contribution < 1.29 is 9.53 Å².